The summed E-state index contributed by atoms with van der Waals surface area (Å²) in [6.45, 7) is 4.90. The molecule has 0 aromatic heterocycles. The van der Waals surface area contributed by atoms with Crippen LogP contribution >= 0.6 is 15.9 Å². The van der Waals surface area contributed by atoms with E-state index in [0.717, 1.165) is 5.56 Å². The first-order valence-corrected chi connectivity index (χ1v) is 5.84. The standard InChI is InChI=1S/C11H15BrN2O2/c1-8(2)13(3)7-9-4-5-10(12)11(6-9)14(15)16/h4-6,8H,7H2,1-3H3. The minimum atomic E-state index is -0.372. The second-order valence-corrected chi connectivity index (χ2v) is 4.91. The number of halogens is 1. The van der Waals surface area contributed by atoms with Gasteiger partial charge in [-0.15, -0.1) is 0 Å². The van der Waals surface area contributed by atoms with Gasteiger partial charge in [-0.25, -0.2) is 0 Å². The van der Waals surface area contributed by atoms with Gasteiger partial charge in [-0.3, -0.25) is 15.0 Å². The van der Waals surface area contributed by atoms with Crippen molar-refractivity contribution in [2.75, 3.05) is 7.05 Å². The number of rotatable bonds is 4. The zero-order valence-electron chi connectivity index (χ0n) is 9.61. The summed E-state index contributed by atoms with van der Waals surface area (Å²) in [7, 11) is 2.00. The fraction of sp³-hybridized carbons (Fsp3) is 0.455. The van der Waals surface area contributed by atoms with E-state index < -0.39 is 0 Å². The summed E-state index contributed by atoms with van der Waals surface area (Å²) in [6, 6.07) is 5.66. The topological polar surface area (TPSA) is 46.4 Å². The molecule has 4 nitrogen and oxygen atoms in total. The van der Waals surface area contributed by atoms with Crippen LogP contribution in [-0.2, 0) is 6.54 Å². The lowest BCUT2D eigenvalue weighted by atomic mass is 10.2. The zero-order valence-corrected chi connectivity index (χ0v) is 11.2. The van der Waals surface area contributed by atoms with Crippen molar-refractivity contribution in [2.24, 2.45) is 0 Å². The molecule has 0 spiro atoms. The number of nitro benzene ring substituents is 1. The highest BCUT2D eigenvalue weighted by atomic mass is 79.9. The maximum atomic E-state index is 10.8. The second-order valence-electron chi connectivity index (χ2n) is 4.05. The third-order valence-electron chi connectivity index (χ3n) is 2.52. The molecule has 0 unspecified atom stereocenters. The smallest absolute Gasteiger partial charge is 0.283 e. The van der Waals surface area contributed by atoms with Crippen molar-refractivity contribution in [3.63, 3.8) is 0 Å². The van der Waals surface area contributed by atoms with Gasteiger partial charge in [0.25, 0.3) is 5.69 Å². The Labute approximate surface area is 104 Å². The Morgan fingerprint density at radius 2 is 2.12 bits per heavy atom. The van der Waals surface area contributed by atoms with Crippen molar-refractivity contribution in [3.05, 3.63) is 38.3 Å². The lowest BCUT2D eigenvalue weighted by Crippen LogP contribution is -2.25. The van der Waals surface area contributed by atoms with Crippen LogP contribution in [0.4, 0.5) is 5.69 Å². The van der Waals surface area contributed by atoms with Gasteiger partial charge in [-0.1, -0.05) is 6.07 Å². The highest BCUT2D eigenvalue weighted by Gasteiger charge is 2.13. The van der Waals surface area contributed by atoms with Crippen LogP contribution in [0.15, 0.2) is 22.7 Å². The molecule has 16 heavy (non-hydrogen) atoms. The van der Waals surface area contributed by atoms with Gasteiger partial charge in [0.15, 0.2) is 0 Å². The molecule has 88 valence electrons. The monoisotopic (exact) mass is 286 g/mol. The molecule has 5 heteroatoms. The Bertz CT molecular complexity index is 394. The van der Waals surface area contributed by atoms with Gasteiger partial charge >= 0.3 is 0 Å². The third kappa shape index (κ3) is 3.28. The molecule has 1 aromatic rings. The molecule has 1 rings (SSSR count). The van der Waals surface area contributed by atoms with Crippen LogP contribution < -0.4 is 0 Å². The summed E-state index contributed by atoms with van der Waals surface area (Å²) in [5, 5.41) is 10.8. The van der Waals surface area contributed by atoms with Gasteiger partial charge in [0.2, 0.25) is 0 Å². The Morgan fingerprint density at radius 3 is 2.62 bits per heavy atom. The fourth-order valence-electron chi connectivity index (χ4n) is 1.27. The molecule has 0 radical (unpaired) electrons. The molecule has 0 N–H and O–H groups in total. The Balaban J connectivity index is 2.91. The summed E-state index contributed by atoms with van der Waals surface area (Å²) in [5.74, 6) is 0. The summed E-state index contributed by atoms with van der Waals surface area (Å²) in [4.78, 5) is 12.5. The van der Waals surface area contributed by atoms with E-state index >= 15 is 0 Å². The largest absolute Gasteiger partial charge is 0.300 e. The lowest BCUT2D eigenvalue weighted by Gasteiger charge is -2.20. The highest BCUT2D eigenvalue weighted by Crippen LogP contribution is 2.26. The molecular weight excluding hydrogens is 272 g/mol. The third-order valence-corrected chi connectivity index (χ3v) is 3.19. The molecule has 0 aliphatic heterocycles. The molecule has 0 heterocycles. The van der Waals surface area contributed by atoms with Crippen LogP contribution in [0.3, 0.4) is 0 Å². The van der Waals surface area contributed by atoms with E-state index in [9.17, 15) is 10.1 Å². The predicted octanol–water partition coefficient (Wildman–Crippen LogP) is 3.20. The Kier molecular flexibility index (Phi) is 4.44. The molecular formula is C11H15BrN2O2. The van der Waals surface area contributed by atoms with E-state index in [2.05, 4.69) is 34.7 Å². The van der Waals surface area contributed by atoms with E-state index in [1.807, 2.05) is 13.1 Å². The highest BCUT2D eigenvalue weighted by molar-refractivity contribution is 9.10. The summed E-state index contributed by atoms with van der Waals surface area (Å²) in [5.41, 5.74) is 1.07. The Morgan fingerprint density at radius 1 is 1.50 bits per heavy atom. The van der Waals surface area contributed by atoms with Gasteiger partial charge in [-0.2, -0.15) is 0 Å². The first-order valence-electron chi connectivity index (χ1n) is 5.05. The quantitative estimate of drug-likeness (QED) is 0.631. The summed E-state index contributed by atoms with van der Waals surface area (Å²) in [6.07, 6.45) is 0. The van der Waals surface area contributed by atoms with Gasteiger partial charge in [0, 0.05) is 18.7 Å². The molecule has 0 aliphatic rings. The first kappa shape index (κ1) is 13.1. The average molecular weight is 287 g/mol. The fourth-order valence-corrected chi connectivity index (χ4v) is 1.66. The molecule has 0 aliphatic carbocycles. The summed E-state index contributed by atoms with van der Waals surface area (Å²) >= 11 is 3.17. The normalized spacial score (nSPS) is 11.1. The molecule has 1 aromatic carbocycles. The van der Waals surface area contributed by atoms with E-state index in [4.69, 9.17) is 0 Å². The van der Waals surface area contributed by atoms with Crippen molar-refractivity contribution in [1.82, 2.24) is 4.90 Å². The van der Waals surface area contributed by atoms with Gasteiger partial charge in [0.05, 0.1) is 9.40 Å². The van der Waals surface area contributed by atoms with Crippen molar-refractivity contribution in [1.29, 1.82) is 0 Å². The van der Waals surface area contributed by atoms with Crippen molar-refractivity contribution in [3.8, 4) is 0 Å². The van der Waals surface area contributed by atoms with Crippen molar-refractivity contribution in [2.45, 2.75) is 26.4 Å². The van der Waals surface area contributed by atoms with E-state index in [-0.39, 0.29) is 10.6 Å². The minimum Gasteiger partial charge on any atom is -0.300 e. The zero-order chi connectivity index (χ0) is 12.3. The molecule has 0 bridgehead atoms. The van der Waals surface area contributed by atoms with Crippen molar-refractivity contribution >= 4 is 21.6 Å². The number of hydrogen-bond acceptors (Lipinski definition) is 3. The predicted molar refractivity (Wildman–Crippen MR) is 67.4 cm³/mol. The van der Waals surface area contributed by atoms with Crippen LogP contribution in [0, 0.1) is 10.1 Å². The van der Waals surface area contributed by atoms with Crippen molar-refractivity contribution < 1.29 is 4.92 Å². The molecule has 0 atom stereocenters. The van der Waals surface area contributed by atoms with E-state index in [1.54, 1.807) is 12.1 Å². The van der Waals surface area contributed by atoms with Crippen LogP contribution in [0.1, 0.15) is 19.4 Å². The van der Waals surface area contributed by atoms with Gasteiger partial charge in [-0.05, 0) is 48.5 Å². The molecule has 0 amide bonds. The van der Waals surface area contributed by atoms with E-state index in [0.29, 0.717) is 17.1 Å². The number of benzene rings is 1. The number of nitro groups is 1. The number of nitrogens with zero attached hydrogens (tertiary/aromatic N) is 2. The number of hydrogen-bond donors (Lipinski definition) is 0. The van der Waals surface area contributed by atoms with Crippen LogP contribution in [-0.4, -0.2) is 22.9 Å². The maximum absolute atomic E-state index is 10.8. The van der Waals surface area contributed by atoms with Crippen LogP contribution in [0.2, 0.25) is 0 Å². The Hall–Kier alpha value is -0.940. The molecule has 0 saturated heterocycles. The van der Waals surface area contributed by atoms with Crippen LogP contribution in [0.25, 0.3) is 0 Å². The maximum Gasteiger partial charge on any atom is 0.283 e. The average Bonchev–Trinajstić information content (AvgIpc) is 2.20. The minimum absolute atomic E-state index is 0.120. The summed E-state index contributed by atoms with van der Waals surface area (Å²) < 4.78 is 0.522. The molecule has 0 saturated carbocycles. The first-order chi connectivity index (χ1) is 7.41. The lowest BCUT2D eigenvalue weighted by molar-refractivity contribution is -0.385. The van der Waals surface area contributed by atoms with E-state index in [1.165, 1.54) is 0 Å². The van der Waals surface area contributed by atoms with Gasteiger partial charge in [0.1, 0.15) is 0 Å². The SMILES string of the molecule is CC(C)N(C)Cc1ccc(Br)c([N+](=O)[O-])c1. The second kappa shape index (κ2) is 5.41. The molecule has 0 fully saturated rings. The van der Waals surface area contributed by atoms with Crippen LogP contribution in [0.5, 0.6) is 0 Å². The van der Waals surface area contributed by atoms with Gasteiger partial charge < -0.3 is 0 Å².